The van der Waals surface area contributed by atoms with Gasteiger partial charge in [-0.25, -0.2) is 0 Å². The maximum atomic E-state index is 8.85. The first kappa shape index (κ1) is 13.1. The lowest BCUT2D eigenvalue weighted by Gasteiger charge is -2.30. The van der Waals surface area contributed by atoms with Crippen LogP contribution < -0.4 is 5.73 Å². The molecule has 3 nitrogen and oxygen atoms in total. The summed E-state index contributed by atoms with van der Waals surface area (Å²) in [6, 6.07) is 9.75. The van der Waals surface area contributed by atoms with Gasteiger partial charge in [0.25, 0.3) is 0 Å². The number of hydrogen-bond donors (Lipinski definition) is 1. The van der Waals surface area contributed by atoms with Crippen molar-refractivity contribution in [3.63, 3.8) is 0 Å². The van der Waals surface area contributed by atoms with Crippen LogP contribution in [0.4, 0.5) is 0 Å². The van der Waals surface area contributed by atoms with Crippen molar-refractivity contribution in [3.8, 4) is 6.07 Å². The maximum Gasteiger partial charge on any atom is 0.0991 e. The van der Waals surface area contributed by atoms with Crippen molar-refractivity contribution in [1.29, 1.82) is 5.26 Å². The first-order chi connectivity index (χ1) is 8.83. The van der Waals surface area contributed by atoms with Crippen molar-refractivity contribution in [2.45, 2.75) is 38.4 Å². The molecule has 2 unspecified atom stereocenters. The summed E-state index contributed by atoms with van der Waals surface area (Å²) in [6.45, 7) is 1.29. The highest BCUT2D eigenvalue weighted by Crippen LogP contribution is 2.26. The van der Waals surface area contributed by atoms with Crippen molar-refractivity contribution in [3.05, 3.63) is 35.4 Å². The molecule has 1 fully saturated rings. The molecule has 3 heteroatoms. The number of nitrogens with zero attached hydrogens (tertiary/aromatic N) is 1. The van der Waals surface area contributed by atoms with Gasteiger partial charge >= 0.3 is 0 Å². The summed E-state index contributed by atoms with van der Waals surface area (Å²) in [5, 5.41) is 8.85. The Morgan fingerprint density at radius 3 is 2.94 bits per heavy atom. The van der Waals surface area contributed by atoms with E-state index in [2.05, 4.69) is 6.07 Å². The standard InChI is InChI=1S/C15H20N2O/c16-9-12-4-3-5-13(8-12)11-18-15-7-2-1-6-14(15)10-17/h3-5,8,14-15H,1-2,6-7,10-11,17H2. The summed E-state index contributed by atoms with van der Waals surface area (Å²) in [4.78, 5) is 0. The predicted octanol–water partition coefficient (Wildman–Crippen LogP) is 2.59. The third kappa shape index (κ3) is 3.32. The molecule has 1 aromatic carbocycles. The van der Waals surface area contributed by atoms with Gasteiger partial charge in [-0.05, 0) is 43.0 Å². The first-order valence-electron chi connectivity index (χ1n) is 6.64. The lowest BCUT2D eigenvalue weighted by Crippen LogP contribution is -2.33. The molecule has 0 spiro atoms. The van der Waals surface area contributed by atoms with Crippen LogP contribution in [0.25, 0.3) is 0 Å². The number of rotatable bonds is 4. The van der Waals surface area contributed by atoms with E-state index in [1.165, 1.54) is 19.3 Å². The monoisotopic (exact) mass is 244 g/mol. The number of nitrogens with two attached hydrogens (primary N) is 1. The highest BCUT2D eigenvalue weighted by Gasteiger charge is 2.24. The van der Waals surface area contributed by atoms with E-state index >= 15 is 0 Å². The maximum absolute atomic E-state index is 8.85. The average Bonchev–Trinajstić information content (AvgIpc) is 2.45. The van der Waals surface area contributed by atoms with E-state index in [-0.39, 0.29) is 6.10 Å². The molecule has 2 N–H and O–H groups in total. The Labute approximate surface area is 109 Å². The van der Waals surface area contributed by atoms with Crippen LogP contribution in [-0.2, 0) is 11.3 Å². The van der Waals surface area contributed by atoms with Crippen LogP contribution >= 0.6 is 0 Å². The van der Waals surface area contributed by atoms with Crippen molar-refractivity contribution in [1.82, 2.24) is 0 Å². The second-order valence-corrected chi connectivity index (χ2v) is 4.94. The van der Waals surface area contributed by atoms with Gasteiger partial charge in [-0.15, -0.1) is 0 Å². The van der Waals surface area contributed by atoms with E-state index < -0.39 is 0 Å². The van der Waals surface area contributed by atoms with Crippen LogP contribution in [0.3, 0.4) is 0 Å². The Morgan fingerprint density at radius 1 is 1.33 bits per heavy atom. The van der Waals surface area contributed by atoms with Crippen molar-refractivity contribution < 1.29 is 4.74 Å². The molecule has 1 aliphatic rings. The SMILES string of the molecule is N#Cc1cccc(COC2CCCCC2CN)c1. The van der Waals surface area contributed by atoms with Gasteiger partial charge in [0.1, 0.15) is 0 Å². The zero-order valence-corrected chi connectivity index (χ0v) is 10.6. The van der Waals surface area contributed by atoms with Gasteiger partial charge in [0.2, 0.25) is 0 Å². The number of nitriles is 1. The van der Waals surface area contributed by atoms with E-state index in [1.54, 1.807) is 0 Å². The lowest BCUT2D eigenvalue weighted by molar-refractivity contribution is -0.0183. The largest absolute Gasteiger partial charge is 0.373 e. The molecule has 0 amide bonds. The molecule has 2 atom stereocenters. The minimum atomic E-state index is 0.287. The second kappa shape index (κ2) is 6.53. The predicted molar refractivity (Wildman–Crippen MR) is 70.7 cm³/mol. The van der Waals surface area contributed by atoms with Crippen LogP contribution in [0.15, 0.2) is 24.3 Å². The summed E-state index contributed by atoms with van der Waals surface area (Å²) in [6.07, 6.45) is 5.08. The van der Waals surface area contributed by atoms with Crippen LogP contribution in [0.1, 0.15) is 36.8 Å². The first-order valence-corrected chi connectivity index (χ1v) is 6.64. The molecule has 0 radical (unpaired) electrons. The molecule has 0 saturated heterocycles. The topological polar surface area (TPSA) is 59.0 Å². The van der Waals surface area contributed by atoms with Gasteiger partial charge in [0, 0.05) is 0 Å². The number of ether oxygens (including phenoxy) is 1. The summed E-state index contributed by atoms with van der Waals surface area (Å²) in [7, 11) is 0. The zero-order chi connectivity index (χ0) is 12.8. The molecule has 0 aliphatic heterocycles. The van der Waals surface area contributed by atoms with E-state index in [0.29, 0.717) is 24.6 Å². The van der Waals surface area contributed by atoms with E-state index in [4.69, 9.17) is 15.7 Å². The van der Waals surface area contributed by atoms with Gasteiger partial charge in [-0.3, -0.25) is 0 Å². The molecular weight excluding hydrogens is 224 g/mol. The Bertz CT molecular complexity index is 425. The Hall–Kier alpha value is -1.37. The smallest absolute Gasteiger partial charge is 0.0991 e. The quantitative estimate of drug-likeness (QED) is 0.885. The molecule has 96 valence electrons. The Balaban J connectivity index is 1.91. The van der Waals surface area contributed by atoms with E-state index in [0.717, 1.165) is 12.0 Å². The van der Waals surface area contributed by atoms with Crippen molar-refractivity contribution >= 4 is 0 Å². The molecule has 18 heavy (non-hydrogen) atoms. The molecule has 1 aliphatic carbocycles. The van der Waals surface area contributed by atoms with Gasteiger partial charge in [0.05, 0.1) is 24.3 Å². The normalized spacial score (nSPS) is 23.6. The second-order valence-electron chi connectivity index (χ2n) is 4.94. The number of hydrogen-bond acceptors (Lipinski definition) is 3. The Morgan fingerprint density at radius 2 is 2.17 bits per heavy atom. The van der Waals surface area contributed by atoms with Crippen molar-refractivity contribution in [2.75, 3.05) is 6.54 Å². The summed E-state index contributed by atoms with van der Waals surface area (Å²) < 4.78 is 5.98. The summed E-state index contributed by atoms with van der Waals surface area (Å²) in [5.41, 5.74) is 7.54. The lowest BCUT2D eigenvalue weighted by atomic mass is 9.86. The minimum Gasteiger partial charge on any atom is -0.373 e. The molecule has 0 aromatic heterocycles. The van der Waals surface area contributed by atoms with Gasteiger partial charge in [-0.1, -0.05) is 25.0 Å². The van der Waals surface area contributed by atoms with E-state index in [9.17, 15) is 0 Å². The number of benzene rings is 1. The molecule has 0 heterocycles. The van der Waals surface area contributed by atoms with E-state index in [1.807, 2.05) is 24.3 Å². The highest BCUT2D eigenvalue weighted by atomic mass is 16.5. The highest BCUT2D eigenvalue weighted by molar-refractivity contribution is 5.32. The third-order valence-corrected chi connectivity index (χ3v) is 3.66. The van der Waals surface area contributed by atoms with Crippen LogP contribution in [-0.4, -0.2) is 12.6 Å². The fourth-order valence-electron chi connectivity index (χ4n) is 2.60. The molecule has 1 aromatic rings. The molecule has 0 bridgehead atoms. The zero-order valence-electron chi connectivity index (χ0n) is 10.6. The minimum absolute atomic E-state index is 0.287. The Kier molecular flexibility index (Phi) is 4.74. The van der Waals surface area contributed by atoms with Gasteiger partial charge < -0.3 is 10.5 Å². The molecule has 2 rings (SSSR count). The van der Waals surface area contributed by atoms with Crippen LogP contribution in [0.2, 0.25) is 0 Å². The van der Waals surface area contributed by atoms with Crippen LogP contribution in [0, 0.1) is 17.2 Å². The molecular formula is C15H20N2O. The van der Waals surface area contributed by atoms with Gasteiger partial charge in [0.15, 0.2) is 0 Å². The third-order valence-electron chi connectivity index (χ3n) is 3.66. The molecule has 1 saturated carbocycles. The average molecular weight is 244 g/mol. The fourth-order valence-corrected chi connectivity index (χ4v) is 2.60. The van der Waals surface area contributed by atoms with Crippen LogP contribution in [0.5, 0.6) is 0 Å². The van der Waals surface area contributed by atoms with Crippen molar-refractivity contribution in [2.24, 2.45) is 11.7 Å². The summed E-state index contributed by atoms with van der Waals surface area (Å²) >= 11 is 0. The van der Waals surface area contributed by atoms with Gasteiger partial charge in [-0.2, -0.15) is 5.26 Å². The fraction of sp³-hybridized carbons (Fsp3) is 0.533. The summed E-state index contributed by atoms with van der Waals surface area (Å²) in [5.74, 6) is 0.498.